The molecular weight excluding hydrogens is 167 g/mol. The van der Waals surface area contributed by atoms with Gasteiger partial charge in [0.2, 0.25) is 0 Å². The Kier molecular flexibility index (Phi) is 1.44. The smallest absolute Gasteiger partial charge is 0.0267 e. The van der Waals surface area contributed by atoms with Crippen molar-refractivity contribution in [1.82, 2.24) is 0 Å². The van der Waals surface area contributed by atoms with Crippen molar-refractivity contribution < 1.29 is 16.6 Å². The molecule has 0 unspecified atom stereocenters. The molecule has 0 rings (SSSR count). The third kappa shape index (κ3) is 11.6. The van der Waals surface area contributed by atoms with Crippen LogP contribution in [0.2, 0.25) is 0 Å². The Morgan fingerprint density at radius 1 is 2.60 bits per heavy atom. The summed E-state index contributed by atoms with van der Waals surface area (Å²) in [6.45, 7) is -4.57. The Morgan fingerprint density at radius 2 is 3.40 bits per heavy atom. The van der Waals surface area contributed by atoms with Gasteiger partial charge in [0.05, 0.1) is 0 Å². The molecular formula is C4H15Sn. The van der Waals surface area contributed by atoms with Crippen molar-refractivity contribution in [3.8, 4) is 0 Å². The summed E-state index contributed by atoms with van der Waals surface area (Å²) >= 11 is 0. The summed E-state index contributed by atoms with van der Waals surface area (Å²) in [6, 6.07) is 0. The molecule has 0 saturated heterocycles. The fourth-order valence-electron chi connectivity index (χ4n) is 0. The minimum Gasteiger partial charge on any atom is -0.0654 e. The Hall–Kier alpha value is 0.799. The molecule has 1 heteroatoms. The third-order valence-corrected chi connectivity index (χ3v) is 0.0625. The van der Waals surface area contributed by atoms with Crippen molar-refractivity contribution in [2.75, 3.05) is 0 Å². The van der Waals surface area contributed by atoms with E-state index < -0.39 is 26.5 Å². The van der Waals surface area contributed by atoms with E-state index in [4.69, 9.17) is 12.3 Å². The fraction of sp³-hybridized carbons (Fsp3) is 0.750. The van der Waals surface area contributed by atoms with E-state index in [-0.39, 0.29) is 28.2 Å². The van der Waals surface area contributed by atoms with Gasteiger partial charge in [-0.15, -0.1) is 0 Å². The van der Waals surface area contributed by atoms with Crippen LogP contribution in [0, 0.1) is 6.88 Å². The molecule has 0 aromatic carbocycles. The van der Waals surface area contributed by atoms with E-state index in [0.717, 1.165) is 0 Å². The van der Waals surface area contributed by atoms with Gasteiger partial charge in [0, 0.05) is 40.5 Å². The Morgan fingerprint density at radius 3 is 3.60 bits per heavy atom. The zero-order valence-corrected chi connectivity index (χ0v) is 5.35. The van der Waals surface area contributed by atoms with Crippen molar-refractivity contribution in [1.29, 1.82) is 0 Å². The summed E-state index contributed by atoms with van der Waals surface area (Å²) in [7, 11) is 0. The van der Waals surface area contributed by atoms with Gasteiger partial charge in [-0.3, -0.25) is 0 Å². The largest absolute Gasteiger partial charge is 0.0654 e. The van der Waals surface area contributed by atoms with E-state index in [1.807, 2.05) is 0 Å². The Bertz CT molecular complexity index is 183. The van der Waals surface area contributed by atoms with Crippen LogP contribution in [-0.4, -0.2) is 23.9 Å². The van der Waals surface area contributed by atoms with Gasteiger partial charge in [0.1, 0.15) is 0 Å². The monoisotopic (exact) mass is 192 g/mol. The zero-order chi connectivity index (χ0) is 11.1. The normalized spacial score (nSPS) is 41.4. The van der Waals surface area contributed by atoms with Crippen molar-refractivity contribution in [3.63, 3.8) is 0 Å². The molecule has 0 aromatic heterocycles. The molecule has 0 fully saturated rings. The van der Waals surface area contributed by atoms with Gasteiger partial charge in [-0.05, 0) is 0 Å². The van der Waals surface area contributed by atoms with E-state index in [1.165, 1.54) is 0 Å². The molecule has 35 valence electrons. The number of rotatable bonds is 2. The minimum absolute atomic E-state index is 0. The van der Waals surface area contributed by atoms with Crippen LogP contribution >= 0.6 is 0 Å². The average molecular weight is 191 g/mol. The first-order valence-electron chi connectivity index (χ1n) is 5.25. The van der Waals surface area contributed by atoms with Crippen LogP contribution in [0.25, 0.3) is 0 Å². The summed E-state index contributed by atoms with van der Waals surface area (Å²) < 4.78 is 61.3. The van der Waals surface area contributed by atoms with Gasteiger partial charge in [-0.1, -0.05) is 26.5 Å². The molecule has 0 amide bonds. The molecule has 0 spiro atoms. The zero-order valence-electron chi connectivity index (χ0n) is 11.5. The predicted octanol–water partition coefficient (Wildman–Crippen LogP) is 1.98. The van der Waals surface area contributed by atoms with Crippen molar-refractivity contribution in [2.45, 2.75) is 19.6 Å². The van der Waals surface area contributed by atoms with E-state index in [0.29, 0.717) is 0 Å². The van der Waals surface area contributed by atoms with Gasteiger partial charge in [-0.25, -0.2) is 0 Å². The van der Waals surface area contributed by atoms with Gasteiger partial charge in [0.15, 0.2) is 0 Å². The molecule has 0 bridgehead atoms. The second-order valence-electron chi connectivity index (χ2n) is 0.250. The molecule has 0 nitrogen and oxygen atoms in total. The molecule has 0 heterocycles. The third-order valence-electron chi connectivity index (χ3n) is 0.0625. The maximum atomic E-state index is 6.98. The van der Waals surface area contributed by atoms with Crippen LogP contribution in [0.1, 0.15) is 36.2 Å². The molecule has 0 aliphatic carbocycles. The van der Waals surface area contributed by atoms with Crippen LogP contribution in [0.4, 0.5) is 0 Å². The van der Waals surface area contributed by atoms with Crippen LogP contribution in [0.3, 0.4) is 0 Å². The van der Waals surface area contributed by atoms with Gasteiger partial charge in [0.25, 0.3) is 0 Å². The van der Waals surface area contributed by atoms with Gasteiger partial charge < -0.3 is 0 Å². The Labute approximate surface area is 68.0 Å². The summed E-state index contributed by atoms with van der Waals surface area (Å²) in [6.07, 6.45) is -6.32. The second kappa shape index (κ2) is 8.84. The minimum atomic E-state index is -3.22. The topological polar surface area (TPSA) is 0 Å². The van der Waals surface area contributed by atoms with E-state index in [2.05, 4.69) is 0 Å². The standard InChI is InChI=1S/C4H9.Sn.3H2/c1-3-4-2;;;;/h1,3-4H2,2H3;;3*1H/i1D2,2D3,3D2,4D2;;;;. The van der Waals surface area contributed by atoms with Crippen molar-refractivity contribution in [2.24, 2.45) is 0 Å². The Balaban J connectivity index is -0.000000120. The van der Waals surface area contributed by atoms with Crippen molar-refractivity contribution >= 4 is 23.9 Å². The quantitative estimate of drug-likeness (QED) is 0.585. The summed E-state index contributed by atoms with van der Waals surface area (Å²) in [5.41, 5.74) is 0. The SMILES string of the molecule is [2H][C]([2H])C([2H])([2H])C([2H])([2H])C([2H])([2H])[2H].[HH].[HH].[HH].[Sn]. The molecule has 5 heavy (non-hydrogen) atoms. The summed E-state index contributed by atoms with van der Waals surface area (Å²) in [5.74, 6) is 0. The van der Waals surface area contributed by atoms with Crippen molar-refractivity contribution in [3.05, 3.63) is 6.88 Å². The summed E-state index contributed by atoms with van der Waals surface area (Å²) in [4.78, 5) is 0. The molecule has 0 aliphatic heterocycles. The molecule has 0 N–H and O–H groups in total. The fourth-order valence-corrected chi connectivity index (χ4v) is 0. The van der Waals surface area contributed by atoms with E-state index in [1.54, 1.807) is 0 Å². The molecule has 0 aromatic rings. The first-order valence-corrected chi connectivity index (χ1v) is 0.750. The number of hydrogen-bond donors (Lipinski definition) is 0. The van der Waals surface area contributed by atoms with E-state index >= 15 is 0 Å². The van der Waals surface area contributed by atoms with Crippen LogP contribution in [0.15, 0.2) is 0 Å². The first-order chi connectivity index (χ1) is 5.44. The van der Waals surface area contributed by atoms with E-state index in [9.17, 15) is 0 Å². The second-order valence-corrected chi connectivity index (χ2v) is 0.250. The van der Waals surface area contributed by atoms with Crippen LogP contribution in [0.5, 0.6) is 0 Å². The summed E-state index contributed by atoms with van der Waals surface area (Å²) in [5, 5.41) is 0. The van der Waals surface area contributed by atoms with Gasteiger partial charge in [-0.2, -0.15) is 0 Å². The molecule has 5 radical (unpaired) electrons. The molecule has 0 saturated carbocycles. The van der Waals surface area contributed by atoms with Crippen LogP contribution < -0.4 is 0 Å². The predicted molar refractivity (Wildman–Crippen MR) is 32.4 cm³/mol. The average Bonchev–Trinajstić information content (AvgIpc) is 1.84. The molecule has 0 aliphatic rings. The van der Waals surface area contributed by atoms with Crippen LogP contribution in [-0.2, 0) is 0 Å². The van der Waals surface area contributed by atoms with Gasteiger partial charge >= 0.3 is 0 Å². The maximum absolute atomic E-state index is 6.98. The molecule has 0 atom stereocenters. The maximum Gasteiger partial charge on any atom is 0.0267 e. The first kappa shape index (κ1) is 0.815. The number of hydrogen-bond acceptors (Lipinski definition) is 0.